The van der Waals surface area contributed by atoms with Gasteiger partial charge in [0.2, 0.25) is 5.88 Å². The summed E-state index contributed by atoms with van der Waals surface area (Å²) in [4.78, 5) is 4.27. The van der Waals surface area contributed by atoms with E-state index in [1.807, 2.05) is 18.2 Å². The van der Waals surface area contributed by atoms with E-state index in [9.17, 15) is 5.11 Å². The molecule has 0 unspecified atom stereocenters. The molecule has 24 heavy (non-hydrogen) atoms. The number of nitrogens with zero attached hydrogens (tertiary/aromatic N) is 3. The van der Waals surface area contributed by atoms with Gasteiger partial charge >= 0.3 is 0 Å². The second-order valence-electron chi connectivity index (χ2n) is 5.01. The van der Waals surface area contributed by atoms with Crippen LogP contribution < -0.4 is 9.47 Å². The predicted molar refractivity (Wildman–Crippen MR) is 92.3 cm³/mol. The SMILES string of the molecule is COc1cc(Br)ccc1COc1ccnn1-c1cc(CO)ccn1. The molecule has 0 radical (unpaired) electrons. The summed E-state index contributed by atoms with van der Waals surface area (Å²) in [6, 6.07) is 11.0. The summed E-state index contributed by atoms with van der Waals surface area (Å²) in [6.45, 7) is 0.283. The highest BCUT2D eigenvalue weighted by molar-refractivity contribution is 9.10. The van der Waals surface area contributed by atoms with Crippen molar-refractivity contribution >= 4 is 15.9 Å². The van der Waals surface area contributed by atoms with Crippen molar-refractivity contribution in [1.29, 1.82) is 0 Å². The summed E-state index contributed by atoms with van der Waals surface area (Å²) in [7, 11) is 1.62. The number of hydrogen-bond acceptors (Lipinski definition) is 5. The fourth-order valence-corrected chi connectivity index (χ4v) is 2.58. The van der Waals surface area contributed by atoms with E-state index in [-0.39, 0.29) is 6.61 Å². The van der Waals surface area contributed by atoms with E-state index in [0.29, 0.717) is 18.3 Å². The van der Waals surface area contributed by atoms with Crippen molar-refractivity contribution in [3.05, 3.63) is 64.4 Å². The lowest BCUT2D eigenvalue weighted by Gasteiger charge is -2.12. The van der Waals surface area contributed by atoms with E-state index in [1.165, 1.54) is 0 Å². The summed E-state index contributed by atoms with van der Waals surface area (Å²) in [5, 5.41) is 13.5. The number of halogens is 1. The number of pyridine rings is 1. The average Bonchev–Trinajstić information content (AvgIpc) is 3.09. The lowest BCUT2D eigenvalue weighted by Crippen LogP contribution is -2.06. The van der Waals surface area contributed by atoms with Crippen molar-refractivity contribution in [3.8, 4) is 17.4 Å². The molecular formula is C17H16BrN3O3. The number of hydrogen-bond donors (Lipinski definition) is 1. The van der Waals surface area contributed by atoms with E-state index in [0.717, 1.165) is 21.3 Å². The molecule has 0 spiro atoms. The van der Waals surface area contributed by atoms with Crippen LogP contribution in [0.4, 0.5) is 0 Å². The third kappa shape index (κ3) is 3.58. The fourth-order valence-electron chi connectivity index (χ4n) is 2.24. The van der Waals surface area contributed by atoms with Crippen LogP contribution in [0, 0.1) is 0 Å². The number of benzene rings is 1. The molecular weight excluding hydrogens is 374 g/mol. The Bertz CT molecular complexity index is 835. The number of aliphatic hydroxyl groups is 1. The van der Waals surface area contributed by atoms with Gasteiger partial charge in [-0.25, -0.2) is 4.98 Å². The zero-order valence-corrected chi connectivity index (χ0v) is 14.6. The lowest BCUT2D eigenvalue weighted by atomic mass is 10.2. The van der Waals surface area contributed by atoms with E-state index >= 15 is 0 Å². The van der Waals surface area contributed by atoms with E-state index in [4.69, 9.17) is 9.47 Å². The maximum atomic E-state index is 9.25. The molecule has 1 aromatic carbocycles. The van der Waals surface area contributed by atoms with Crippen molar-refractivity contribution in [2.24, 2.45) is 0 Å². The molecule has 0 saturated carbocycles. The highest BCUT2D eigenvalue weighted by atomic mass is 79.9. The molecule has 0 aliphatic carbocycles. The van der Waals surface area contributed by atoms with E-state index < -0.39 is 0 Å². The number of aliphatic hydroxyl groups excluding tert-OH is 1. The van der Waals surface area contributed by atoms with Crippen LogP contribution in [0.3, 0.4) is 0 Å². The number of ether oxygens (including phenoxy) is 2. The van der Waals surface area contributed by atoms with Gasteiger partial charge in [0.15, 0.2) is 5.82 Å². The summed E-state index contributed by atoms with van der Waals surface area (Å²) in [5.41, 5.74) is 1.68. The summed E-state index contributed by atoms with van der Waals surface area (Å²) in [6.07, 6.45) is 3.27. The largest absolute Gasteiger partial charge is 0.496 e. The zero-order chi connectivity index (χ0) is 16.9. The molecule has 0 aliphatic rings. The van der Waals surface area contributed by atoms with Crippen LogP contribution in [0.15, 0.2) is 53.3 Å². The van der Waals surface area contributed by atoms with Gasteiger partial charge in [0.05, 0.1) is 19.9 Å². The first-order valence-corrected chi connectivity index (χ1v) is 8.06. The second-order valence-corrected chi connectivity index (χ2v) is 5.92. The monoisotopic (exact) mass is 389 g/mol. The van der Waals surface area contributed by atoms with Crippen LogP contribution in [0.1, 0.15) is 11.1 Å². The number of methoxy groups -OCH3 is 1. The molecule has 3 aromatic rings. The average molecular weight is 390 g/mol. The topological polar surface area (TPSA) is 69.4 Å². The Balaban J connectivity index is 1.81. The first-order chi connectivity index (χ1) is 11.7. The van der Waals surface area contributed by atoms with Crippen LogP contribution >= 0.6 is 15.9 Å². The Kier molecular flexibility index (Phi) is 5.12. The zero-order valence-electron chi connectivity index (χ0n) is 13.0. The Morgan fingerprint density at radius 3 is 2.83 bits per heavy atom. The van der Waals surface area contributed by atoms with E-state index in [1.54, 1.807) is 42.4 Å². The summed E-state index contributed by atoms with van der Waals surface area (Å²) in [5.74, 6) is 1.89. The molecule has 2 heterocycles. The van der Waals surface area contributed by atoms with E-state index in [2.05, 4.69) is 26.0 Å². The molecule has 6 nitrogen and oxygen atoms in total. The normalized spacial score (nSPS) is 10.6. The van der Waals surface area contributed by atoms with Gasteiger partial charge in [-0.15, -0.1) is 0 Å². The minimum absolute atomic E-state index is 0.0525. The first kappa shape index (κ1) is 16.5. The standard InChI is InChI=1S/C17H16BrN3O3/c1-23-15-9-14(18)3-2-13(15)11-24-17-5-7-20-21(17)16-8-12(10-22)4-6-19-16/h2-9,22H,10-11H2,1H3. The number of aromatic nitrogens is 3. The molecule has 2 aromatic heterocycles. The van der Waals surface area contributed by atoms with Crippen molar-refractivity contribution in [2.75, 3.05) is 7.11 Å². The highest BCUT2D eigenvalue weighted by Crippen LogP contribution is 2.25. The predicted octanol–water partition coefficient (Wildman–Crippen LogP) is 3.11. The van der Waals surface area contributed by atoms with Gasteiger partial charge in [0.1, 0.15) is 12.4 Å². The maximum Gasteiger partial charge on any atom is 0.218 e. The molecule has 0 amide bonds. The lowest BCUT2D eigenvalue weighted by molar-refractivity contribution is 0.276. The molecule has 0 saturated heterocycles. The van der Waals surface area contributed by atoms with Crippen LogP contribution in [0.5, 0.6) is 11.6 Å². The van der Waals surface area contributed by atoms with Gasteiger partial charge in [-0.2, -0.15) is 9.78 Å². The number of rotatable bonds is 6. The van der Waals surface area contributed by atoms with Crippen molar-refractivity contribution < 1.29 is 14.6 Å². The quantitative estimate of drug-likeness (QED) is 0.701. The molecule has 0 aliphatic heterocycles. The third-order valence-corrected chi connectivity index (χ3v) is 3.94. The van der Waals surface area contributed by atoms with Crippen molar-refractivity contribution in [2.45, 2.75) is 13.2 Å². The Morgan fingerprint density at radius 2 is 2.04 bits per heavy atom. The molecule has 0 fully saturated rings. The molecule has 1 N–H and O–H groups in total. The van der Waals surface area contributed by atoms with Gasteiger partial charge in [-0.1, -0.05) is 22.0 Å². The molecule has 0 bridgehead atoms. The molecule has 3 rings (SSSR count). The van der Waals surface area contributed by atoms with Crippen LogP contribution in [0.25, 0.3) is 5.82 Å². The van der Waals surface area contributed by atoms with Gasteiger partial charge in [-0.05, 0) is 29.8 Å². The van der Waals surface area contributed by atoms with Crippen LogP contribution in [-0.2, 0) is 13.2 Å². The minimum atomic E-state index is -0.0525. The van der Waals surface area contributed by atoms with Crippen LogP contribution in [-0.4, -0.2) is 27.0 Å². The van der Waals surface area contributed by atoms with Crippen molar-refractivity contribution in [3.63, 3.8) is 0 Å². The first-order valence-electron chi connectivity index (χ1n) is 7.26. The summed E-state index contributed by atoms with van der Waals surface area (Å²) >= 11 is 3.42. The van der Waals surface area contributed by atoms with Gasteiger partial charge in [0.25, 0.3) is 0 Å². The minimum Gasteiger partial charge on any atom is -0.496 e. The Morgan fingerprint density at radius 1 is 1.17 bits per heavy atom. The van der Waals surface area contributed by atoms with Crippen LogP contribution in [0.2, 0.25) is 0 Å². The smallest absolute Gasteiger partial charge is 0.218 e. The summed E-state index contributed by atoms with van der Waals surface area (Å²) < 4.78 is 13.8. The van der Waals surface area contributed by atoms with Gasteiger partial charge < -0.3 is 14.6 Å². The molecule has 0 atom stereocenters. The van der Waals surface area contributed by atoms with Gasteiger partial charge in [0, 0.05) is 22.3 Å². The third-order valence-electron chi connectivity index (χ3n) is 3.44. The second kappa shape index (κ2) is 7.46. The van der Waals surface area contributed by atoms with Crippen molar-refractivity contribution in [1.82, 2.24) is 14.8 Å². The molecule has 7 heteroatoms. The Labute approximate surface area is 147 Å². The van der Waals surface area contributed by atoms with Gasteiger partial charge in [-0.3, -0.25) is 0 Å². The maximum absolute atomic E-state index is 9.25. The molecule has 124 valence electrons. The highest BCUT2D eigenvalue weighted by Gasteiger charge is 2.10. The fraction of sp³-hybridized carbons (Fsp3) is 0.176. The Hall–Kier alpha value is -2.38.